The van der Waals surface area contributed by atoms with Crippen molar-refractivity contribution in [3.8, 4) is 0 Å². The van der Waals surface area contributed by atoms with Gasteiger partial charge in [0.1, 0.15) is 0 Å². The summed E-state index contributed by atoms with van der Waals surface area (Å²) in [7, 11) is 0. The minimum atomic E-state index is 0.662. The Labute approximate surface area is 73.7 Å². The van der Waals surface area contributed by atoms with E-state index in [2.05, 4.69) is 37.0 Å². The Morgan fingerprint density at radius 3 is 2.75 bits per heavy atom. The number of allylic oxidation sites excluding steroid dienone is 5. The van der Waals surface area contributed by atoms with Gasteiger partial charge in [0.25, 0.3) is 0 Å². The maximum atomic E-state index is 3.91. The molecular formula is C12H14. The zero-order chi connectivity index (χ0) is 8.13. The fraction of sp³-hybridized carbons (Fsp3) is 0.500. The van der Waals surface area contributed by atoms with E-state index in [1.807, 2.05) is 0 Å². The first kappa shape index (κ1) is 6.71. The van der Waals surface area contributed by atoms with Gasteiger partial charge in [-0.1, -0.05) is 30.4 Å². The van der Waals surface area contributed by atoms with Gasteiger partial charge in [0.2, 0.25) is 0 Å². The second kappa shape index (κ2) is 2.12. The predicted octanol–water partition coefficient (Wildman–Crippen LogP) is 2.80. The van der Waals surface area contributed by atoms with Crippen molar-refractivity contribution in [3.05, 3.63) is 37.0 Å². The van der Waals surface area contributed by atoms with E-state index < -0.39 is 0 Å². The van der Waals surface area contributed by atoms with Crippen LogP contribution >= 0.6 is 0 Å². The van der Waals surface area contributed by atoms with Crippen molar-refractivity contribution in [2.45, 2.75) is 6.42 Å². The maximum absolute atomic E-state index is 3.91. The van der Waals surface area contributed by atoms with Crippen LogP contribution < -0.4 is 0 Å². The lowest BCUT2D eigenvalue weighted by molar-refractivity contribution is 0.347. The summed E-state index contributed by atoms with van der Waals surface area (Å²) in [6.07, 6.45) is 13.1. The van der Waals surface area contributed by atoms with Gasteiger partial charge < -0.3 is 0 Å². The molecule has 0 aliphatic heterocycles. The highest BCUT2D eigenvalue weighted by Crippen LogP contribution is 2.54. The van der Waals surface area contributed by atoms with Gasteiger partial charge in [-0.3, -0.25) is 0 Å². The number of fused-ring (bicyclic) bond motifs is 5. The van der Waals surface area contributed by atoms with Crippen molar-refractivity contribution in [2.75, 3.05) is 0 Å². The molecule has 0 radical (unpaired) electrons. The Kier molecular flexibility index (Phi) is 1.19. The molecule has 1 fully saturated rings. The number of hydrogen-bond acceptors (Lipinski definition) is 0. The summed E-state index contributed by atoms with van der Waals surface area (Å²) >= 11 is 0. The third kappa shape index (κ3) is 0.639. The van der Waals surface area contributed by atoms with Gasteiger partial charge in [0, 0.05) is 0 Å². The summed E-state index contributed by atoms with van der Waals surface area (Å²) < 4.78 is 0. The van der Waals surface area contributed by atoms with Crippen LogP contribution in [0.5, 0.6) is 0 Å². The third-order valence-corrected chi connectivity index (χ3v) is 3.86. The minimum absolute atomic E-state index is 0.662. The molecule has 0 spiro atoms. The molecule has 0 nitrogen and oxygen atoms in total. The number of hydrogen-bond donors (Lipinski definition) is 0. The zero-order valence-corrected chi connectivity index (χ0v) is 7.19. The van der Waals surface area contributed by atoms with E-state index in [0.717, 1.165) is 23.7 Å². The molecule has 0 N–H and O–H groups in total. The molecule has 0 heterocycles. The Morgan fingerprint density at radius 1 is 1.08 bits per heavy atom. The van der Waals surface area contributed by atoms with Crippen LogP contribution in [-0.4, -0.2) is 0 Å². The van der Waals surface area contributed by atoms with Gasteiger partial charge >= 0.3 is 0 Å². The van der Waals surface area contributed by atoms with E-state index >= 15 is 0 Å². The second-order valence-corrected chi connectivity index (χ2v) is 4.30. The highest BCUT2D eigenvalue weighted by Gasteiger charge is 2.47. The fourth-order valence-electron chi connectivity index (χ4n) is 3.33. The maximum Gasteiger partial charge on any atom is -0.00163 e. The Hall–Kier alpha value is -0.780. The van der Waals surface area contributed by atoms with Crippen molar-refractivity contribution < 1.29 is 0 Å². The molecule has 0 aromatic rings. The Bertz CT molecular complexity index is 272. The lowest BCUT2D eigenvalue weighted by atomic mass is 9.80. The third-order valence-electron chi connectivity index (χ3n) is 3.86. The van der Waals surface area contributed by atoms with Crippen LogP contribution in [0.15, 0.2) is 37.0 Å². The van der Waals surface area contributed by atoms with E-state index in [9.17, 15) is 0 Å². The quantitative estimate of drug-likeness (QED) is 0.515. The molecule has 3 aliphatic carbocycles. The van der Waals surface area contributed by atoms with Crippen molar-refractivity contribution in [3.63, 3.8) is 0 Å². The molecule has 3 rings (SSSR count). The van der Waals surface area contributed by atoms with Crippen LogP contribution in [0, 0.1) is 29.6 Å². The van der Waals surface area contributed by atoms with Gasteiger partial charge in [-0.05, 0) is 36.0 Å². The van der Waals surface area contributed by atoms with Crippen molar-refractivity contribution >= 4 is 0 Å². The summed E-state index contributed by atoms with van der Waals surface area (Å²) in [5, 5.41) is 0. The molecule has 3 aliphatic rings. The summed E-state index contributed by atoms with van der Waals surface area (Å²) in [4.78, 5) is 0. The Morgan fingerprint density at radius 2 is 1.92 bits per heavy atom. The Balaban J connectivity index is 1.98. The van der Waals surface area contributed by atoms with Crippen LogP contribution in [0.4, 0.5) is 0 Å². The normalized spacial score (nSPS) is 53.2. The smallest absolute Gasteiger partial charge is 0.00163 e. The highest BCUT2D eigenvalue weighted by molar-refractivity contribution is 5.26. The summed E-state index contributed by atoms with van der Waals surface area (Å²) in [6, 6.07) is 0. The molecule has 0 saturated heterocycles. The van der Waals surface area contributed by atoms with E-state index in [-0.39, 0.29) is 0 Å². The molecule has 0 heteroatoms. The second-order valence-electron chi connectivity index (χ2n) is 4.30. The van der Waals surface area contributed by atoms with Gasteiger partial charge in [0.15, 0.2) is 0 Å². The molecule has 0 amide bonds. The molecule has 5 unspecified atom stereocenters. The minimum Gasteiger partial charge on any atom is -0.102 e. The van der Waals surface area contributed by atoms with Gasteiger partial charge in [-0.25, -0.2) is 0 Å². The average molecular weight is 158 g/mol. The SMILES string of the molecule is C=CC1C=CC2C3C=CC(C3)C12. The van der Waals surface area contributed by atoms with E-state index in [0.29, 0.717) is 5.92 Å². The fourth-order valence-corrected chi connectivity index (χ4v) is 3.33. The standard InChI is InChI=1S/C12H14/c1-2-8-5-6-11-9-3-4-10(7-9)12(8)11/h2-6,8-12H,1,7H2. The van der Waals surface area contributed by atoms with Crippen LogP contribution in [0.1, 0.15) is 6.42 Å². The molecule has 2 bridgehead atoms. The first-order valence-electron chi connectivity index (χ1n) is 4.89. The number of rotatable bonds is 1. The highest BCUT2D eigenvalue weighted by atomic mass is 14.5. The summed E-state index contributed by atoms with van der Waals surface area (Å²) in [5.41, 5.74) is 0. The van der Waals surface area contributed by atoms with E-state index in [1.54, 1.807) is 0 Å². The summed E-state index contributed by atoms with van der Waals surface area (Å²) in [5.74, 6) is 4.11. The molecule has 0 aromatic carbocycles. The first-order chi connectivity index (χ1) is 5.90. The van der Waals surface area contributed by atoms with Crippen LogP contribution in [0.3, 0.4) is 0 Å². The average Bonchev–Trinajstić information content (AvgIpc) is 2.76. The van der Waals surface area contributed by atoms with E-state index in [4.69, 9.17) is 0 Å². The monoisotopic (exact) mass is 158 g/mol. The topological polar surface area (TPSA) is 0 Å². The van der Waals surface area contributed by atoms with E-state index in [1.165, 1.54) is 6.42 Å². The van der Waals surface area contributed by atoms with Crippen molar-refractivity contribution in [1.29, 1.82) is 0 Å². The molecule has 62 valence electrons. The predicted molar refractivity (Wildman–Crippen MR) is 50.5 cm³/mol. The van der Waals surface area contributed by atoms with Crippen molar-refractivity contribution in [1.82, 2.24) is 0 Å². The summed E-state index contributed by atoms with van der Waals surface area (Å²) in [6.45, 7) is 3.91. The lowest BCUT2D eigenvalue weighted by Crippen LogP contribution is -2.18. The molecule has 12 heavy (non-hydrogen) atoms. The molecule has 0 aromatic heterocycles. The zero-order valence-electron chi connectivity index (χ0n) is 7.19. The van der Waals surface area contributed by atoms with Gasteiger partial charge in [0.05, 0.1) is 0 Å². The van der Waals surface area contributed by atoms with Gasteiger partial charge in [-0.15, -0.1) is 6.58 Å². The lowest BCUT2D eigenvalue weighted by Gasteiger charge is -2.23. The van der Waals surface area contributed by atoms with Crippen molar-refractivity contribution in [2.24, 2.45) is 29.6 Å². The molecule has 5 atom stereocenters. The van der Waals surface area contributed by atoms with Crippen LogP contribution in [0.25, 0.3) is 0 Å². The molecule has 1 saturated carbocycles. The van der Waals surface area contributed by atoms with Gasteiger partial charge in [-0.2, -0.15) is 0 Å². The largest absolute Gasteiger partial charge is 0.102 e. The first-order valence-corrected chi connectivity index (χ1v) is 4.89. The molecular weight excluding hydrogens is 144 g/mol. The van der Waals surface area contributed by atoms with Crippen LogP contribution in [0.2, 0.25) is 0 Å². The van der Waals surface area contributed by atoms with Crippen LogP contribution in [-0.2, 0) is 0 Å².